The largest absolute Gasteiger partial charge is 0.477 e. The van der Waals surface area contributed by atoms with Crippen molar-refractivity contribution >= 4 is 23.7 Å². The molecule has 21 atom stereocenters. The van der Waals surface area contributed by atoms with Crippen molar-refractivity contribution < 1.29 is 124 Å². The number of rotatable bonds is 17. The summed E-state index contributed by atoms with van der Waals surface area (Å²) >= 11 is 0. The maximum absolute atomic E-state index is 13.3. The van der Waals surface area contributed by atoms with Gasteiger partial charge in [0, 0.05) is 20.3 Å². The Hall–Kier alpha value is -2.92. The van der Waals surface area contributed by atoms with Crippen LogP contribution in [0, 0.1) is 0 Å². The minimum absolute atomic E-state index is 0.799. The molecule has 0 radical (unpaired) electrons. The van der Waals surface area contributed by atoms with Crippen molar-refractivity contribution in [1.29, 1.82) is 0 Å². The summed E-state index contributed by atoms with van der Waals surface area (Å²) < 4.78 is 40.1. The number of ether oxygens (including phenoxy) is 7. The summed E-state index contributed by atoms with van der Waals surface area (Å²) in [6, 6.07) is -5.22. The zero-order valence-corrected chi connectivity index (χ0v) is 32.5. The highest BCUT2D eigenvalue weighted by molar-refractivity contribution is 5.78. The van der Waals surface area contributed by atoms with Gasteiger partial charge in [0.15, 0.2) is 18.9 Å². The van der Waals surface area contributed by atoms with Crippen molar-refractivity contribution in [3.8, 4) is 0 Å². The van der Waals surface area contributed by atoms with Crippen LogP contribution in [0.2, 0.25) is 0 Å². The zero-order chi connectivity index (χ0) is 45.7. The minimum atomic E-state index is -3.31. The van der Waals surface area contributed by atoms with E-state index in [1.807, 2.05) is 0 Å². The number of carbonyl (C=O) groups is 4. The van der Waals surface area contributed by atoms with Crippen molar-refractivity contribution in [2.45, 2.75) is 149 Å². The van der Waals surface area contributed by atoms with Crippen molar-refractivity contribution in [2.75, 3.05) is 33.0 Å². The predicted octanol–water partition coefficient (Wildman–Crippen LogP) is -11.1. The van der Waals surface area contributed by atoms with E-state index in [-0.39, 0.29) is 0 Å². The molecule has 0 saturated carbocycles. The highest BCUT2D eigenvalue weighted by Gasteiger charge is 2.61. The number of hydrogen-bond acceptors (Lipinski definition) is 24. The lowest BCUT2D eigenvalue weighted by Gasteiger charge is -2.52. The maximum Gasteiger partial charge on any atom is 0.364 e. The van der Waals surface area contributed by atoms with Gasteiger partial charge >= 0.3 is 5.97 Å². The fraction of sp³-hybridized carbons (Fsp3) is 0.879. The van der Waals surface area contributed by atoms with Crippen LogP contribution in [0.25, 0.3) is 0 Å². The molecule has 4 saturated heterocycles. The predicted molar refractivity (Wildman–Crippen MR) is 187 cm³/mol. The molecular formula is C33H55N3O25. The molecule has 0 aromatic heterocycles. The first kappa shape index (κ1) is 50.7. The number of aliphatic hydroxyl groups is 13. The normalized spacial score (nSPS) is 42.8. The highest BCUT2D eigenvalue weighted by atomic mass is 16.8. The van der Waals surface area contributed by atoms with Gasteiger partial charge in [-0.1, -0.05) is 0 Å². The second-order valence-electron chi connectivity index (χ2n) is 14.8. The Morgan fingerprint density at radius 1 is 0.672 bits per heavy atom. The SMILES string of the molecule is CC(=O)N[C@H]1[C@H](O[C@@H]2[C@H](O[C@]3(C(=O)O)C[C@H](O)[C@@H](NC(=O)CO)[C@H]([C@H](O)[C@H](O)CO)O3)[C@@H](O)[C@H](O[C@H]3[C@@H](O)[C@@H](CO)OC(O)[C@@H]3NC(C)=O)O[C@@H]2CO)O[C@H](CO)[C@H](O)[C@@H]1O. The van der Waals surface area contributed by atoms with Gasteiger partial charge in [-0.05, 0) is 0 Å². The van der Waals surface area contributed by atoms with Crippen LogP contribution in [-0.4, -0.2) is 256 Å². The molecule has 0 spiro atoms. The van der Waals surface area contributed by atoms with Gasteiger partial charge in [0.25, 0.3) is 5.79 Å². The van der Waals surface area contributed by atoms with Gasteiger partial charge in [0.1, 0.15) is 98.0 Å². The Morgan fingerprint density at radius 3 is 1.77 bits per heavy atom. The number of amides is 3. The smallest absolute Gasteiger partial charge is 0.364 e. The van der Waals surface area contributed by atoms with E-state index < -0.39 is 191 Å². The number of carbonyl (C=O) groups excluding carboxylic acids is 3. The molecule has 4 aliphatic rings. The molecule has 61 heavy (non-hydrogen) atoms. The van der Waals surface area contributed by atoms with E-state index in [0.29, 0.717) is 0 Å². The summed E-state index contributed by atoms with van der Waals surface area (Å²) in [5.74, 6) is -8.24. The van der Waals surface area contributed by atoms with Crippen LogP contribution in [0.15, 0.2) is 0 Å². The summed E-state index contributed by atoms with van der Waals surface area (Å²) in [7, 11) is 0. The quantitative estimate of drug-likeness (QED) is 0.0644. The number of aliphatic carboxylic acids is 1. The average molecular weight is 894 g/mol. The van der Waals surface area contributed by atoms with E-state index in [4.69, 9.17) is 33.2 Å². The summed E-state index contributed by atoms with van der Waals surface area (Å²) in [6.45, 7) is -3.40. The lowest BCUT2D eigenvalue weighted by atomic mass is 9.88. The van der Waals surface area contributed by atoms with Gasteiger partial charge in [0.05, 0.1) is 38.6 Å². The molecule has 4 heterocycles. The number of nitrogens with one attached hydrogen (secondary N) is 3. The molecule has 352 valence electrons. The van der Waals surface area contributed by atoms with E-state index >= 15 is 0 Å². The summed E-state index contributed by atoms with van der Waals surface area (Å²) in [4.78, 5) is 49.7. The van der Waals surface area contributed by atoms with Crippen molar-refractivity contribution in [3.05, 3.63) is 0 Å². The van der Waals surface area contributed by atoms with E-state index in [0.717, 1.165) is 13.8 Å². The fourth-order valence-electron chi connectivity index (χ4n) is 7.45. The van der Waals surface area contributed by atoms with Crippen molar-refractivity contribution in [2.24, 2.45) is 0 Å². The van der Waals surface area contributed by atoms with Gasteiger partial charge in [-0.15, -0.1) is 0 Å². The molecule has 28 heteroatoms. The molecule has 0 bridgehead atoms. The lowest BCUT2D eigenvalue weighted by molar-refractivity contribution is -0.397. The molecule has 4 fully saturated rings. The zero-order valence-electron chi connectivity index (χ0n) is 32.5. The van der Waals surface area contributed by atoms with Gasteiger partial charge in [-0.3, -0.25) is 14.4 Å². The molecule has 17 N–H and O–H groups in total. The average Bonchev–Trinajstić information content (AvgIpc) is 3.21. The van der Waals surface area contributed by atoms with E-state index in [1.165, 1.54) is 0 Å². The number of carboxylic acid groups (broad SMARTS) is 1. The van der Waals surface area contributed by atoms with Crippen LogP contribution in [0.5, 0.6) is 0 Å². The lowest BCUT2D eigenvalue weighted by Crippen LogP contribution is -2.72. The Labute approximate surface area is 345 Å². The molecule has 1 unspecified atom stereocenters. The third-order valence-corrected chi connectivity index (χ3v) is 10.5. The van der Waals surface area contributed by atoms with Crippen molar-refractivity contribution in [1.82, 2.24) is 16.0 Å². The van der Waals surface area contributed by atoms with Gasteiger partial charge in [0.2, 0.25) is 17.7 Å². The molecule has 0 aromatic carbocycles. The number of hydrogen-bond donors (Lipinski definition) is 17. The van der Waals surface area contributed by atoms with Crippen LogP contribution in [0.4, 0.5) is 0 Å². The molecule has 4 aliphatic heterocycles. The Kier molecular flexibility index (Phi) is 18.0. The van der Waals surface area contributed by atoms with Gasteiger partial charge in [-0.2, -0.15) is 0 Å². The Balaban J connectivity index is 1.85. The third-order valence-electron chi connectivity index (χ3n) is 10.5. The topological polar surface area (TPSA) is 452 Å². The standard InChI is InChI=1S/C33H55N3O25/c1-9(42)34-18-23(50)21(48)13(5-38)56-30(18)58-25-15(7-40)57-31(59-26-19(35-10(2)43)29(52)55-14(6-39)22(26)49)24(51)28(25)61-33(32(53)54)3-11(44)17(36-16(46)8-41)27(60-33)20(47)12(45)4-37/h11-15,17-31,37-41,44-45,47-52H,3-8H2,1-2H3,(H,34,42)(H,35,43)(H,36,46)(H,53,54)/t11-,12+,13+,14+,15+,17+,18+,19+,20+,21-,22-,23+,24+,25-,26+,27+,28+,29?,30-,31-,33-/m0/s1. The van der Waals surface area contributed by atoms with E-state index in [2.05, 4.69) is 16.0 Å². The second kappa shape index (κ2) is 21.6. The van der Waals surface area contributed by atoms with Crippen molar-refractivity contribution in [3.63, 3.8) is 0 Å². The fourth-order valence-corrected chi connectivity index (χ4v) is 7.45. The molecule has 3 amide bonds. The number of aliphatic hydroxyl groups excluding tert-OH is 13. The molecule has 0 aromatic rings. The highest BCUT2D eigenvalue weighted by Crippen LogP contribution is 2.40. The van der Waals surface area contributed by atoms with Crippen LogP contribution in [0.3, 0.4) is 0 Å². The maximum atomic E-state index is 13.3. The molecule has 0 aliphatic carbocycles. The number of carboxylic acids is 1. The second-order valence-corrected chi connectivity index (χ2v) is 14.8. The monoisotopic (exact) mass is 893 g/mol. The van der Waals surface area contributed by atoms with Gasteiger partial charge < -0.3 is 121 Å². The summed E-state index contributed by atoms with van der Waals surface area (Å²) in [5.41, 5.74) is 0. The summed E-state index contributed by atoms with van der Waals surface area (Å²) in [5, 5.41) is 154. The van der Waals surface area contributed by atoms with E-state index in [1.54, 1.807) is 0 Å². The van der Waals surface area contributed by atoms with Crippen LogP contribution < -0.4 is 16.0 Å². The first-order valence-corrected chi connectivity index (χ1v) is 18.9. The summed E-state index contributed by atoms with van der Waals surface area (Å²) in [6.07, 6.45) is -35.8. The third kappa shape index (κ3) is 11.2. The first-order chi connectivity index (χ1) is 28.7. The van der Waals surface area contributed by atoms with Crippen LogP contribution in [-0.2, 0) is 52.3 Å². The Morgan fingerprint density at radius 2 is 1.23 bits per heavy atom. The Bertz CT molecular complexity index is 1480. The molecule has 28 nitrogen and oxygen atoms in total. The minimum Gasteiger partial charge on any atom is -0.477 e. The molecular weight excluding hydrogens is 838 g/mol. The van der Waals surface area contributed by atoms with Crippen LogP contribution in [0.1, 0.15) is 20.3 Å². The van der Waals surface area contributed by atoms with Crippen LogP contribution >= 0.6 is 0 Å². The van der Waals surface area contributed by atoms with E-state index in [9.17, 15) is 90.7 Å². The molecule has 4 rings (SSSR count). The first-order valence-electron chi connectivity index (χ1n) is 18.9. The van der Waals surface area contributed by atoms with Gasteiger partial charge in [-0.25, -0.2) is 4.79 Å².